The van der Waals surface area contributed by atoms with Crippen molar-refractivity contribution in [1.82, 2.24) is 0 Å². The molecule has 0 saturated heterocycles. The number of rotatable bonds is 3. The number of nitrogen functional groups attached to an aromatic ring is 1. The van der Waals surface area contributed by atoms with E-state index in [1.54, 1.807) is 24.3 Å². The number of carboxylic acid groups (broad SMARTS) is 1. The van der Waals surface area contributed by atoms with Crippen molar-refractivity contribution in [1.29, 1.82) is 0 Å². The number of hydrogen-bond acceptors (Lipinski definition) is 6. The summed E-state index contributed by atoms with van der Waals surface area (Å²) < 4.78 is 4.50. The first-order valence-corrected chi connectivity index (χ1v) is 6.53. The van der Waals surface area contributed by atoms with Crippen LogP contribution >= 0.6 is 0 Å². The fourth-order valence-electron chi connectivity index (χ4n) is 1.65. The largest absolute Gasteiger partial charge is 0.465 e. The molecule has 0 spiro atoms. The van der Waals surface area contributed by atoms with Crippen molar-refractivity contribution in [2.24, 2.45) is 0 Å². The Bertz CT molecular complexity index is 747. The maximum absolute atomic E-state index is 10.9. The lowest BCUT2D eigenvalue weighted by atomic mass is 10.2. The van der Waals surface area contributed by atoms with Crippen LogP contribution in [-0.4, -0.2) is 29.2 Å². The number of esters is 1. The SMILES string of the molecule is COC(=O)c1ccccc1N.O=C(O)Nc1ccccc1[N+](=O)[O-]. The van der Waals surface area contributed by atoms with Gasteiger partial charge in [-0.15, -0.1) is 0 Å². The zero-order chi connectivity index (χ0) is 18.1. The van der Waals surface area contributed by atoms with Gasteiger partial charge in [0, 0.05) is 11.8 Å². The molecule has 4 N–H and O–H groups in total. The first kappa shape index (κ1) is 18.4. The Labute approximate surface area is 136 Å². The highest BCUT2D eigenvalue weighted by Gasteiger charge is 2.13. The summed E-state index contributed by atoms with van der Waals surface area (Å²) in [5.74, 6) is -0.400. The fourth-order valence-corrected chi connectivity index (χ4v) is 1.65. The minimum absolute atomic E-state index is 0.0278. The summed E-state index contributed by atoms with van der Waals surface area (Å²) in [7, 11) is 1.33. The standard InChI is InChI=1S/C8H9NO2.C7H6N2O4/c1-11-8(10)6-4-2-3-5-7(6)9;10-7(11)8-5-3-1-2-4-6(5)9(12)13/h2-5H,9H2,1H3;1-4,8H,(H,10,11). The van der Waals surface area contributed by atoms with E-state index in [-0.39, 0.29) is 11.4 Å². The lowest BCUT2D eigenvalue weighted by Gasteiger charge is -2.00. The van der Waals surface area contributed by atoms with Crippen LogP contribution in [0.15, 0.2) is 48.5 Å². The summed E-state index contributed by atoms with van der Waals surface area (Å²) in [6.07, 6.45) is -1.32. The third-order valence-electron chi connectivity index (χ3n) is 2.71. The molecule has 0 heterocycles. The molecule has 0 unspecified atom stereocenters. The van der Waals surface area contributed by atoms with Gasteiger partial charge in [-0.1, -0.05) is 24.3 Å². The molecule has 2 aromatic rings. The highest BCUT2D eigenvalue weighted by atomic mass is 16.6. The molecule has 0 aliphatic carbocycles. The summed E-state index contributed by atoms with van der Waals surface area (Å²) in [6, 6.07) is 12.3. The maximum atomic E-state index is 10.9. The Balaban J connectivity index is 0.000000243. The number of benzene rings is 2. The molecular weight excluding hydrogens is 318 g/mol. The van der Waals surface area contributed by atoms with Gasteiger partial charge in [0.15, 0.2) is 0 Å². The van der Waals surface area contributed by atoms with E-state index in [0.29, 0.717) is 11.3 Å². The second-order valence-electron chi connectivity index (χ2n) is 4.28. The molecule has 0 fully saturated rings. The van der Waals surface area contributed by atoms with Crippen molar-refractivity contribution in [3.8, 4) is 0 Å². The van der Waals surface area contributed by atoms with Crippen molar-refractivity contribution in [2.45, 2.75) is 0 Å². The van der Waals surface area contributed by atoms with Crippen molar-refractivity contribution >= 4 is 29.1 Å². The van der Waals surface area contributed by atoms with Crippen LogP contribution in [0.3, 0.4) is 0 Å². The van der Waals surface area contributed by atoms with Crippen LogP contribution in [0.2, 0.25) is 0 Å². The highest BCUT2D eigenvalue weighted by molar-refractivity contribution is 5.94. The van der Waals surface area contributed by atoms with Gasteiger partial charge in [0.25, 0.3) is 5.69 Å². The van der Waals surface area contributed by atoms with E-state index >= 15 is 0 Å². The summed E-state index contributed by atoms with van der Waals surface area (Å²) in [6.45, 7) is 0. The lowest BCUT2D eigenvalue weighted by molar-refractivity contribution is -0.383. The van der Waals surface area contributed by atoms with Crippen LogP contribution in [0, 0.1) is 10.1 Å². The molecule has 2 rings (SSSR count). The van der Waals surface area contributed by atoms with Gasteiger partial charge in [0.1, 0.15) is 5.69 Å². The van der Waals surface area contributed by atoms with Gasteiger partial charge >= 0.3 is 12.1 Å². The van der Waals surface area contributed by atoms with E-state index in [1.807, 2.05) is 5.32 Å². The Morgan fingerprint density at radius 3 is 2.29 bits per heavy atom. The molecule has 0 atom stereocenters. The number of para-hydroxylation sites is 3. The molecule has 24 heavy (non-hydrogen) atoms. The van der Waals surface area contributed by atoms with Gasteiger partial charge in [-0.3, -0.25) is 15.4 Å². The van der Waals surface area contributed by atoms with Gasteiger partial charge in [-0.2, -0.15) is 0 Å². The number of hydrogen-bond donors (Lipinski definition) is 3. The Morgan fingerprint density at radius 2 is 1.75 bits per heavy atom. The Hall–Kier alpha value is -3.62. The molecule has 0 radical (unpaired) electrons. The first-order valence-electron chi connectivity index (χ1n) is 6.53. The lowest BCUT2D eigenvalue weighted by Crippen LogP contribution is -2.08. The molecule has 2 aromatic carbocycles. The van der Waals surface area contributed by atoms with Crippen molar-refractivity contribution in [3.63, 3.8) is 0 Å². The predicted octanol–water partition coefficient (Wildman–Crippen LogP) is 2.74. The molecule has 9 nitrogen and oxygen atoms in total. The molecule has 0 saturated carbocycles. The highest BCUT2D eigenvalue weighted by Crippen LogP contribution is 2.22. The molecule has 0 aromatic heterocycles. The van der Waals surface area contributed by atoms with Crippen molar-refractivity contribution in [2.75, 3.05) is 18.2 Å². The number of methoxy groups -OCH3 is 1. The Morgan fingerprint density at radius 1 is 1.17 bits per heavy atom. The summed E-state index contributed by atoms with van der Waals surface area (Å²) in [4.78, 5) is 30.9. The van der Waals surface area contributed by atoms with Crippen LogP contribution in [0.5, 0.6) is 0 Å². The van der Waals surface area contributed by atoms with E-state index in [4.69, 9.17) is 10.8 Å². The molecular formula is C15H15N3O6. The number of nitro benzene ring substituents is 1. The summed E-state index contributed by atoms with van der Waals surface area (Å²) in [5, 5.41) is 20.6. The van der Waals surface area contributed by atoms with Gasteiger partial charge in [-0.05, 0) is 18.2 Å². The number of amides is 1. The summed E-state index contributed by atoms with van der Waals surface area (Å²) in [5.41, 5.74) is 6.06. The number of anilines is 2. The zero-order valence-corrected chi connectivity index (χ0v) is 12.6. The minimum atomic E-state index is -1.32. The quantitative estimate of drug-likeness (QED) is 0.339. The smallest absolute Gasteiger partial charge is 0.409 e. The van der Waals surface area contributed by atoms with E-state index < -0.39 is 17.0 Å². The van der Waals surface area contributed by atoms with E-state index in [2.05, 4.69) is 4.74 Å². The molecule has 0 aliphatic heterocycles. The van der Waals surface area contributed by atoms with E-state index in [9.17, 15) is 19.7 Å². The van der Waals surface area contributed by atoms with Gasteiger partial charge in [0.2, 0.25) is 0 Å². The second-order valence-corrected chi connectivity index (χ2v) is 4.28. The molecule has 126 valence electrons. The fraction of sp³-hybridized carbons (Fsp3) is 0.0667. The molecule has 0 aliphatic rings. The van der Waals surface area contributed by atoms with E-state index in [0.717, 1.165) is 0 Å². The topological polar surface area (TPSA) is 145 Å². The number of carbonyl (C=O) groups is 2. The molecule has 0 bridgehead atoms. The molecule has 1 amide bonds. The van der Waals surface area contributed by atoms with E-state index in [1.165, 1.54) is 31.4 Å². The van der Waals surface area contributed by atoms with Crippen LogP contribution in [0.1, 0.15) is 10.4 Å². The third-order valence-corrected chi connectivity index (χ3v) is 2.71. The number of nitrogens with zero attached hydrogens (tertiary/aromatic N) is 1. The average Bonchev–Trinajstić information content (AvgIpc) is 2.55. The molecule has 9 heteroatoms. The number of carbonyl (C=O) groups excluding carboxylic acids is 1. The van der Waals surface area contributed by atoms with Gasteiger partial charge in [-0.25, -0.2) is 9.59 Å². The van der Waals surface area contributed by atoms with Crippen molar-refractivity contribution in [3.05, 3.63) is 64.2 Å². The summed E-state index contributed by atoms with van der Waals surface area (Å²) >= 11 is 0. The number of nitro groups is 1. The zero-order valence-electron chi connectivity index (χ0n) is 12.6. The number of nitrogens with one attached hydrogen (secondary N) is 1. The van der Waals surface area contributed by atoms with Gasteiger partial charge < -0.3 is 15.6 Å². The Kier molecular flexibility index (Phi) is 6.71. The van der Waals surface area contributed by atoms with Crippen LogP contribution in [0.4, 0.5) is 21.9 Å². The van der Waals surface area contributed by atoms with Crippen LogP contribution in [0.25, 0.3) is 0 Å². The average molecular weight is 333 g/mol. The predicted molar refractivity (Wildman–Crippen MR) is 86.9 cm³/mol. The maximum Gasteiger partial charge on any atom is 0.409 e. The first-order chi connectivity index (χ1) is 11.4. The van der Waals surface area contributed by atoms with Crippen LogP contribution in [-0.2, 0) is 4.74 Å². The number of nitrogens with two attached hydrogens (primary N) is 1. The monoisotopic (exact) mass is 333 g/mol. The minimum Gasteiger partial charge on any atom is -0.465 e. The van der Waals surface area contributed by atoms with Crippen LogP contribution < -0.4 is 11.1 Å². The van der Waals surface area contributed by atoms with Gasteiger partial charge in [0.05, 0.1) is 17.6 Å². The van der Waals surface area contributed by atoms with Crippen molar-refractivity contribution < 1.29 is 24.4 Å². The normalized spacial score (nSPS) is 9.21. The number of ether oxygens (including phenoxy) is 1. The third kappa shape index (κ3) is 5.30. The second kappa shape index (κ2) is 8.73.